The molecule has 0 saturated carbocycles. The molecule has 1 fully saturated rings. The molecule has 3 rings (SSSR count). The fourth-order valence-corrected chi connectivity index (χ4v) is 2.87. The van der Waals surface area contributed by atoms with Crippen LogP contribution in [0.3, 0.4) is 0 Å². The van der Waals surface area contributed by atoms with E-state index in [0.29, 0.717) is 18.1 Å². The van der Waals surface area contributed by atoms with Gasteiger partial charge in [-0.25, -0.2) is 0 Å². The molecule has 2 aromatic carbocycles. The monoisotopic (exact) mass is 343 g/mol. The zero-order chi connectivity index (χ0) is 16.9. The Kier molecular flexibility index (Phi) is 5.16. The molecule has 1 amide bonds. The number of carbonyl (C=O) groups excluding carboxylic acids is 2. The molecule has 1 saturated heterocycles. The van der Waals surface area contributed by atoms with Crippen molar-refractivity contribution in [2.45, 2.75) is 19.6 Å². The summed E-state index contributed by atoms with van der Waals surface area (Å²) in [6, 6.07) is 16.9. The zero-order valence-electron chi connectivity index (χ0n) is 13.2. The molecule has 124 valence electrons. The molecule has 0 unspecified atom stereocenters. The smallest absolute Gasteiger partial charge is 0.311 e. The third-order valence-electron chi connectivity index (χ3n) is 4.06. The molecule has 4 nitrogen and oxygen atoms in total. The molecular weight excluding hydrogens is 326 g/mol. The van der Waals surface area contributed by atoms with Crippen LogP contribution in [0, 0.1) is 5.92 Å². The van der Waals surface area contributed by atoms with E-state index in [1.165, 1.54) is 0 Å². The number of halogens is 1. The van der Waals surface area contributed by atoms with Crippen molar-refractivity contribution in [1.29, 1.82) is 0 Å². The normalized spacial score (nSPS) is 17.1. The molecule has 1 atom stereocenters. The van der Waals surface area contributed by atoms with Gasteiger partial charge in [-0.3, -0.25) is 9.59 Å². The highest BCUT2D eigenvalue weighted by molar-refractivity contribution is 6.30. The highest BCUT2D eigenvalue weighted by Gasteiger charge is 2.35. The Balaban J connectivity index is 1.53. The van der Waals surface area contributed by atoms with Gasteiger partial charge in [0.05, 0.1) is 5.92 Å². The molecule has 0 aliphatic carbocycles. The second-order valence-corrected chi connectivity index (χ2v) is 6.33. The Hall–Kier alpha value is -2.33. The van der Waals surface area contributed by atoms with Gasteiger partial charge in [0, 0.05) is 24.5 Å². The van der Waals surface area contributed by atoms with Crippen LogP contribution >= 0.6 is 11.6 Å². The van der Waals surface area contributed by atoms with E-state index in [-0.39, 0.29) is 24.9 Å². The summed E-state index contributed by atoms with van der Waals surface area (Å²) in [6.07, 6.45) is 0.215. The first-order valence-corrected chi connectivity index (χ1v) is 8.22. The van der Waals surface area contributed by atoms with E-state index in [0.717, 1.165) is 11.1 Å². The minimum atomic E-state index is -0.395. The Morgan fingerprint density at radius 3 is 2.50 bits per heavy atom. The summed E-state index contributed by atoms with van der Waals surface area (Å²) in [7, 11) is 0. The van der Waals surface area contributed by atoms with Crippen LogP contribution in [0.1, 0.15) is 17.5 Å². The van der Waals surface area contributed by atoms with Crippen LogP contribution < -0.4 is 0 Å². The Labute approximate surface area is 146 Å². The third-order valence-corrected chi connectivity index (χ3v) is 4.31. The summed E-state index contributed by atoms with van der Waals surface area (Å²) < 4.78 is 5.34. The van der Waals surface area contributed by atoms with Crippen molar-refractivity contribution in [3.8, 4) is 0 Å². The fraction of sp³-hybridized carbons (Fsp3) is 0.263. The molecule has 0 spiro atoms. The number of nitrogens with zero attached hydrogens (tertiary/aromatic N) is 1. The van der Waals surface area contributed by atoms with E-state index in [1.807, 2.05) is 42.5 Å². The van der Waals surface area contributed by atoms with Gasteiger partial charge < -0.3 is 9.64 Å². The summed E-state index contributed by atoms with van der Waals surface area (Å²) >= 11 is 5.83. The van der Waals surface area contributed by atoms with Gasteiger partial charge in [0.25, 0.3) is 0 Å². The quantitative estimate of drug-likeness (QED) is 0.781. The SMILES string of the molecule is O=C(OCc1ccc(Cl)cc1)[C@@H]1CC(=O)N(Cc2ccccc2)C1. The minimum absolute atomic E-state index is 0.00713. The number of amides is 1. The predicted molar refractivity (Wildman–Crippen MR) is 91.2 cm³/mol. The minimum Gasteiger partial charge on any atom is -0.461 e. The van der Waals surface area contributed by atoms with E-state index >= 15 is 0 Å². The van der Waals surface area contributed by atoms with Crippen molar-refractivity contribution in [3.63, 3.8) is 0 Å². The average molecular weight is 344 g/mol. The Morgan fingerprint density at radius 2 is 1.79 bits per heavy atom. The number of likely N-dealkylation sites (tertiary alicyclic amines) is 1. The van der Waals surface area contributed by atoms with Crippen molar-refractivity contribution in [2.75, 3.05) is 6.54 Å². The molecular formula is C19H18ClNO3. The summed E-state index contributed by atoms with van der Waals surface area (Å²) in [5, 5.41) is 0.642. The van der Waals surface area contributed by atoms with Gasteiger partial charge in [0.2, 0.25) is 5.91 Å². The lowest BCUT2D eigenvalue weighted by Gasteiger charge is -2.16. The molecule has 2 aromatic rings. The molecule has 1 aliphatic heterocycles. The lowest BCUT2D eigenvalue weighted by Crippen LogP contribution is -2.26. The summed E-state index contributed by atoms with van der Waals surface area (Å²) in [5.74, 6) is -0.727. The lowest BCUT2D eigenvalue weighted by atomic mass is 10.1. The van der Waals surface area contributed by atoms with E-state index < -0.39 is 5.92 Å². The Morgan fingerprint density at radius 1 is 1.08 bits per heavy atom. The molecule has 24 heavy (non-hydrogen) atoms. The Bertz CT molecular complexity index is 715. The number of esters is 1. The molecule has 0 bridgehead atoms. The number of rotatable bonds is 5. The van der Waals surface area contributed by atoms with Crippen molar-refractivity contribution >= 4 is 23.5 Å². The fourth-order valence-electron chi connectivity index (χ4n) is 2.74. The average Bonchev–Trinajstić information content (AvgIpc) is 2.96. The van der Waals surface area contributed by atoms with Crippen molar-refractivity contribution in [3.05, 3.63) is 70.7 Å². The van der Waals surface area contributed by atoms with E-state index in [4.69, 9.17) is 16.3 Å². The molecule has 5 heteroatoms. The van der Waals surface area contributed by atoms with Gasteiger partial charge >= 0.3 is 5.97 Å². The maximum Gasteiger partial charge on any atom is 0.311 e. The number of carbonyl (C=O) groups is 2. The summed E-state index contributed by atoms with van der Waals surface area (Å²) in [5.41, 5.74) is 1.93. The van der Waals surface area contributed by atoms with Crippen LogP contribution in [0.25, 0.3) is 0 Å². The summed E-state index contributed by atoms with van der Waals surface area (Å²) in [6.45, 7) is 1.13. The predicted octanol–water partition coefficient (Wildman–Crippen LogP) is 3.43. The van der Waals surface area contributed by atoms with Crippen LogP contribution in [0.15, 0.2) is 54.6 Å². The van der Waals surface area contributed by atoms with E-state index in [9.17, 15) is 9.59 Å². The van der Waals surface area contributed by atoms with Crippen molar-refractivity contribution in [2.24, 2.45) is 5.92 Å². The standard InChI is InChI=1S/C19H18ClNO3/c20-17-8-6-15(7-9-17)13-24-19(23)16-10-18(22)21(12-16)11-14-4-2-1-3-5-14/h1-9,16H,10-13H2/t16-/m1/s1. The van der Waals surface area contributed by atoms with Gasteiger partial charge in [-0.1, -0.05) is 54.1 Å². The molecule has 0 radical (unpaired) electrons. The van der Waals surface area contributed by atoms with Crippen molar-refractivity contribution in [1.82, 2.24) is 4.90 Å². The van der Waals surface area contributed by atoms with Gasteiger partial charge in [-0.05, 0) is 23.3 Å². The molecule has 0 aromatic heterocycles. The highest BCUT2D eigenvalue weighted by Crippen LogP contribution is 2.22. The first kappa shape index (κ1) is 16.5. The highest BCUT2D eigenvalue weighted by atomic mass is 35.5. The lowest BCUT2D eigenvalue weighted by molar-refractivity contribution is -0.149. The first-order valence-electron chi connectivity index (χ1n) is 7.84. The summed E-state index contributed by atoms with van der Waals surface area (Å²) in [4.78, 5) is 26.0. The molecule has 1 aliphatic rings. The molecule has 1 heterocycles. The van der Waals surface area contributed by atoms with Crippen LogP contribution in [0.2, 0.25) is 5.02 Å². The maximum absolute atomic E-state index is 12.2. The van der Waals surface area contributed by atoms with Crippen LogP contribution in [0.4, 0.5) is 0 Å². The topological polar surface area (TPSA) is 46.6 Å². The maximum atomic E-state index is 12.2. The van der Waals surface area contributed by atoms with Gasteiger partial charge in [0.15, 0.2) is 0 Å². The second kappa shape index (κ2) is 7.49. The van der Waals surface area contributed by atoms with Gasteiger partial charge in [0.1, 0.15) is 6.61 Å². The van der Waals surface area contributed by atoms with E-state index in [1.54, 1.807) is 17.0 Å². The van der Waals surface area contributed by atoms with Crippen LogP contribution in [-0.2, 0) is 27.5 Å². The van der Waals surface area contributed by atoms with Crippen LogP contribution in [-0.4, -0.2) is 23.3 Å². The molecule has 0 N–H and O–H groups in total. The van der Waals surface area contributed by atoms with Gasteiger partial charge in [-0.15, -0.1) is 0 Å². The number of hydrogen-bond donors (Lipinski definition) is 0. The van der Waals surface area contributed by atoms with Gasteiger partial charge in [-0.2, -0.15) is 0 Å². The first-order chi connectivity index (χ1) is 11.6. The second-order valence-electron chi connectivity index (χ2n) is 5.90. The largest absolute Gasteiger partial charge is 0.461 e. The number of hydrogen-bond acceptors (Lipinski definition) is 3. The van der Waals surface area contributed by atoms with E-state index in [2.05, 4.69) is 0 Å². The van der Waals surface area contributed by atoms with Crippen molar-refractivity contribution < 1.29 is 14.3 Å². The van der Waals surface area contributed by atoms with Crippen LogP contribution in [0.5, 0.6) is 0 Å². The third kappa shape index (κ3) is 4.15. The zero-order valence-corrected chi connectivity index (χ0v) is 13.9. The number of benzene rings is 2. The number of ether oxygens (including phenoxy) is 1.